The van der Waals surface area contributed by atoms with Crippen LogP contribution in [0.25, 0.3) is 10.9 Å². The first-order chi connectivity index (χ1) is 13.1. The average molecular weight is 386 g/mol. The molecule has 0 radical (unpaired) electrons. The molecule has 0 spiro atoms. The zero-order chi connectivity index (χ0) is 18.8. The van der Waals surface area contributed by atoms with Crippen molar-refractivity contribution in [2.45, 2.75) is 6.42 Å². The Morgan fingerprint density at radius 1 is 1.07 bits per heavy atom. The van der Waals surface area contributed by atoms with Crippen LogP contribution in [0.2, 0.25) is 5.02 Å². The molecule has 1 saturated heterocycles. The first-order valence-corrected chi connectivity index (χ1v) is 9.52. The summed E-state index contributed by atoms with van der Waals surface area (Å²) in [4.78, 5) is 20.0. The summed E-state index contributed by atoms with van der Waals surface area (Å²) in [6.07, 6.45) is 3.03. The van der Waals surface area contributed by atoms with Gasteiger partial charge >= 0.3 is 0 Å². The smallest absolute Gasteiger partial charge is 0.258 e. The number of hydrogen-bond acceptors (Lipinski definition) is 2. The van der Waals surface area contributed by atoms with Crippen LogP contribution in [0.5, 0.6) is 0 Å². The lowest BCUT2D eigenvalue weighted by Gasteiger charge is -2.35. The summed E-state index contributed by atoms with van der Waals surface area (Å²) in [5, 5.41) is 1.43. The van der Waals surface area contributed by atoms with Crippen molar-refractivity contribution in [3.8, 4) is 0 Å². The number of nitrogens with one attached hydrogen (secondary N) is 1. The highest BCUT2D eigenvalue weighted by molar-refractivity contribution is 6.33. The number of carbonyl (C=O) groups excluding carboxylic acids is 1. The quantitative estimate of drug-likeness (QED) is 0.738. The molecule has 27 heavy (non-hydrogen) atoms. The van der Waals surface area contributed by atoms with Gasteiger partial charge in [0.25, 0.3) is 5.91 Å². The van der Waals surface area contributed by atoms with Crippen LogP contribution in [-0.2, 0) is 6.42 Å². The number of amides is 1. The second kappa shape index (κ2) is 7.71. The van der Waals surface area contributed by atoms with Crippen LogP contribution in [0.1, 0.15) is 15.9 Å². The van der Waals surface area contributed by atoms with E-state index in [1.54, 1.807) is 11.0 Å². The van der Waals surface area contributed by atoms with E-state index in [4.69, 9.17) is 11.6 Å². The molecular weight excluding hydrogens is 365 g/mol. The SMILES string of the molecule is O=C(c1c(F)cccc1Cl)N1CCN(CCc2c[nH]c3ccccc23)CC1. The average Bonchev–Trinajstić information content (AvgIpc) is 3.10. The Labute approximate surface area is 162 Å². The lowest BCUT2D eigenvalue weighted by atomic mass is 10.1. The molecular formula is C21H21ClFN3O. The van der Waals surface area contributed by atoms with Gasteiger partial charge in [0, 0.05) is 49.8 Å². The summed E-state index contributed by atoms with van der Waals surface area (Å²) in [5.41, 5.74) is 2.44. The number of para-hydroxylation sites is 1. The van der Waals surface area contributed by atoms with E-state index in [2.05, 4.69) is 34.3 Å². The summed E-state index contributed by atoms with van der Waals surface area (Å²) in [6.45, 7) is 3.65. The van der Waals surface area contributed by atoms with E-state index in [0.29, 0.717) is 13.1 Å². The van der Waals surface area contributed by atoms with Gasteiger partial charge in [0.1, 0.15) is 5.82 Å². The van der Waals surface area contributed by atoms with Crippen molar-refractivity contribution in [3.05, 3.63) is 70.6 Å². The zero-order valence-corrected chi connectivity index (χ0v) is 15.7. The van der Waals surface area contributed by atoms with Gasteiger partial charge in [-0.05, 0) is 30.2 Å². The number of aromatic nitrogens is 1. The number of aromatic amines is 1. The Hall–Kier alpha value is -2.37. The first kappa shape index (κ1) is 18.0. The third-order valence-corrected chi connectivity index (χ3v) is 5.52. The highest BCUT2D eigenvalue weighted by atomic mass is 35.5. The molecule has 1 aromatic heterocycles. The molecule has 140 valence electrons. The Kier molecular flexibility index (Phi) is 5.14. The van der Waals surface area contributed by atoms with Crippen molar-refractivity contribution >= 4 is 28.4 Å². The summed E-state index contributed by atoms with van der Waals surface area (Å²) < 4.78 is 14.0. The molecule has 0 atom stereocenters. The van der Waals surface area contributed by atoms with Gasteiger partial charge in [-0.15, -0.1) is 0 Å². The normalized spacial score (nSPS) is 15.4. The molecule has 0 unspecified atom stereocenters. The molecule has 2 aromatic carbocycles. The van der Waals surface area contributed by atoms with Crippen molar-refractivity contribution in [2.24, 2.45) is 0 Å². The largest absolute Gasteiger partial charge is 0.361 e. The monoisotopic (exact) mass is 385 g/mol. The summed E-state index contributed by atoms with van der Waals surface area (Å²) >= 11 is 6.03. The Morgan fingerprint density at radius 3 is 2.63 bits per heavy atom. The number of carbonyl (C=O) groups is 1. The van der Waals surface area contributed by atoms with Gasteiger partial charge in [-0.25, -0.2) is 4.39 Å². The van der Waals surface area contributed by atoms with Gasteiger partial charge in [0.05, 0.1) is 10.6 Å². The number of hydrogen-bond donors (Lipinski definition) is 1. The van der Waals surface area contributed by atoms with E-state index >= 15 is 0 Å². The maximum absolute atomic E-state index is 14.0. The van der Waals surface area contributed by atoms with Crippen molar-refractivity contribution in [1.82, 2.24) is 14.8 Å². The number of fused-ring (bicyclic) bond motifs is 1. The van der Waals surface area contributed by atoms with E-state index in [1.807, 2.05) is 6.07 Å². The molecule has 1 aliphatic heterocycles. The van der Waals surface area contributed by atoms with Crippen LogP contribution in [0.3, 0.4) is 0 Å². The molecule has 2 heterocycles. The predicted molar refractivity (Wildman–Crippen MR) is 106 cm³/mol. The number of halogens is 2. The van der Waals surface area contributed by atoms with E-state index in [-0.39, 0.29) is 16.5 Å². The number of benzene rings is 2. The van der Waals surface area contributed by atoms with Gasteiger partial charge < -0.3 is 9.88 Å². The van der Waals surface area contributed by atoms with Crippen LogP contribution in [-0.4, -0.2) is 53.4 Å². The standard InChI is InChI=1S/C21H21ClFN3O/c22-17-5-3-6-18(23)20(17)21(27)26-12-10-25(11-13-26)9-8-15-14-24-19-7-2-1-4-16(15)19/h1-7,14,24H,8-13H2. The Bertz CT molecular complexity index is 943. The number of nitrogens with zero attached hydrogens (tertiary/aromatic N) is 2. The topological polar surface area (TPSA) is 39.3 Å². The highest BCUT2D eigenvalue weighted by Crippen LogP contribution is 2.22. The van der Waals surface area contributed by atoms with Gasteiger partial charge in [-0.1, -0.05) is 35.9 Å². The van der Waals surface area contributed by atoms with Gasteiger partial charge in [0.15, 0.2) is 0 Å². The number of piperazine rings is 1. The minimum Gasteiger partial charge on any atom is -0.361 e. The van der Waals surface area contributed by atoms with E-state index in [0.717, 1.165) is 31.6 Å². The van der Waals surface area contributed by atoms with Crippen molar-refractivity contribution in [2.75, 3.05) is 32.7 Å². The lowest BCUT2D eigenvalue weighted by molar-refractivity contribution is 0.0634. The minimum absolute atomic E-state index is 0.0218. The van der Waals surface area contributed by atoms with Gasteiger partial charge in [-0.3, -0.25) is 9.69 Å². The summed E-state index contributed by atoms with van der Waals surface area (Å²) in [7, 11) is 0. The van der Waals surface area contributed by atoms with Gasteiger partial charge in [0.2, 0.25) is 0 Å². The second-order valence-corrected chi connectivity index (χ2v) is 7.25. The third kappa shape index (κ3) is 3.70. The first-order valence-electron chi connectivity index (χ1n) is 9.14. The fourth-order valence-electron chi connectivity index (χ4n) is 3.65. The van der Waals surface area contributed by atoms with E-state index in [1.165, 1.54) is 23.1 Å². The van der Waals surface area contributed by atoms with Gasteiger partial charge in [-0.2, -0.15) is 0 Å². The predicted octanol–water partition coefficient (Wildman–Crippen LogP) is 3.96. The molecule has 1 fully saturated rings. The molecule has 0 bridgehead atoms. The zero-order valence-electron chi connectivity index (χ0n) is 14.9. The Balaban J connectivity index is 1.34. The minimum atomic E-state index is -0.561. The Morgan fingerprint density at radius 2 is 1.85 bits per heavy atom. The fraction of sp³-hybridized carbons (Fsp3) is 0.286. The maximum atomic E-state index is 14.0. The number of rotatable bonds is 4. The van der Waals surface area contributed by atoms with Crippen molar-refractivity contribution in [1.29, 1.82) is 0 Å². The molecule has 0 aliphatic carbocycles. The molecule has 1 aliphatic rings. The third-order valence-electron chi connectivity index (χ3n) is 5.21. The fourth-order valence-corrected chi connectivity index (χ4v) is 3.90. The van der Waals surface area contributed by atoms with Crippen LogP contribution >= 0.6 is 11.6 Å². The molecule has 3 aromatic rings. The molecule has 4 rings (SSSR count). The molecule has 1 amide bonds. The van der Waals surface area contributed by atoms with Crippen molar-refractivity contribution in [3.63, 3.8) is 0 Å². The lowest BCUT2D eigenvalue weighted by Crippen LogP contribution is -2.49. The van der Waals surface area contributed by atoms with Crippen LogP contribution in [0.4, 0.5) is 4.39 Å². The molecule has 1 N–H and O–H groups in total. The highest BCUT2D eigenvalue weighted by Gasteiger charge is 2.25. The van der Waals surface area contributed by atoms with Crippen LogP contribution in [0, 0.1) is 5.82 Å². The van der Waals surface area contributed by atoms with E-state index in [9.17, 15) is 9.18 Å². The summed E-state index contributed by atoms with van der Waals surface area (Å²) in [6, 6.07) is 12.6. The van der Waals surface area contributed by atoms with Crippen LogP contribution in [0.15, 0.2) is 48.7 Å². The maximum Gasteiger partial charge on any atom is 0.258 e. The molecule has 0 saturated carbocycles. The van der Waals surface area contributed by atoms with Crippen LogP contribution < -0.4 is 0 Å². The molecule has 6 heteroatoms. The second-order valence-electron chi connectivity index (χ2n) is 6.84. The number of H-pyrrole nitrogens is 1. The van der Waals surface area contributed by atoms with E-state index < -0.39 is 5.82 Å². The van der Waals surface area contributed by atoms with Crippen molar-refractivity contribution < 1.29 is 9.18 Å². The molecule has 4 nitrogen and oxygen atoms in total. The summed E-state index contributed by atoms with van der Waals surface area (Å²) in [5.74, 6) is -0.886.